The lowest BCUT2D eigenvalue weighted by Crippen LogP contribution is -2.10. The summed E-state index contributed by atoms with van der Waals surface area (Å²) in [6.45, 7) is 6.60. The summed E-state index contributed by atoms with van der Waals surface area (Å²) in [7, 11) is 0. The van der Waals surface area contributed by atoms with E-state index in [9.17, 15) is 4.79 Å². The van der Waals surface area contributed by atoms with Crippen LogP contribution in [-0.2, 0) is 12.0 Å². The maximum atomic E-state index is 10.8. The minimum atomic E-state index is -0.976. The molecule has 0 aliphatic rings. The van der Waals surface area contributed by atoms with Gasteiger partial charge in [-0.05, 0) is 35.2 Å². The second kappa shape index (κ2) is 7.00. The molecule has 0 saturated carbocycles. The topological polar surface area (TPSA) is 85.5 Å². The summed E-state index contributed by atoms with van der Waals surface area (Å²) >= 11 is 0. The molecular weight excluding hydrogens is 332 g/mol. The van der Waals surface area contributed by atoms with Gasteiger partial charge < -0.3 is 14.4 Å². The predicted octanol–water partition coefficient (Wildman–Crippen LogP) is 4.31. The lowest BCUT2D eigenvalue weighted by atomic mass is 9.87. The van der Waals surface area contributed by atoms with Crippen LogP contribution < -0.4 is 4.74 Å². The molecule has 0 atom stereocenters. The molecule has 3 rings (SSSR count). The number of carbonyl (C=O) groups is 1. The highest BCUT2D eigenvalue weighted by molar-refractivity contribution is 5.87. The number of carboxylic acid groups (broad SMARTS) is 1. The van der Waals surface area contributed by atoms with E-state index < -0.39 is 5.97 Å². The van der Waals surface area contributed by atoms with Gasteiger partial charge in [-0.1, -0.05) is 50.2 Å². The molecule has 6 nitrogen and oxygen atoms in total. The zero-order valence-electron chi connectivity index (χ0n) is 14.9. The number of benzene rings is 2. The van der Waals surface area contributed by atoms with E-state index in [0.29, 0.717) is 17.5 Å². The molecule has 0 aliphatic heterocycles. The van der Waals surface area contributed by atoms with Crippen LogP contribution in [0.25, 0.3) is 11.4 Å². The van der Waals surface area contributed by atoms with Gasteiger partial charge in [0.05, 0.1) is 5.56 Å². The fourth-order valence-corrected chi connectivity index (χ4v) is 2.39. The van der Waals surface area contributed by atoms with Crippen molar-refractivity contribution in [2.45, 2.75) is 32.8 Å². The molecule has 1 aromatic heterocycles. The lowest BCUT2D eigenvalue weighted by molar-refractivity contribution is 0.0697. The van der Waals surface area contributed by atoms with Gasteiger partial charge >= 0.3 is 5.97 Å². The molecule has 1 heterocycles. The molecule has 0 bridgehead atoms. The molecule has 0 amide bonds. The molecule has 1 N–H and O–H groups in total. The Morgan fingerprint density at radius 3 is 2.31 bits per heavy atom. The second-order valence-electron chi connectivity index (χ2n) is 6.96. The Morgan fingerprint density at radius 1 is 1.08 bits per heavy atom. The quantitative estimate of drug-likeness (QED) is 0.736. The summed E-state index contributed by atoms with van der Waals surface area (Å²) in [5.41, 5.74) is 2.40. The van der Waals surface area contributed by atoms with Crippen LogP contribution in [0.4, 0.5) is 0 Å². The van der Waals surface area contributed by atoms with Crippen molar-refractivity contribution >= 4 is 5.97 Å². The van der Waals surface area contributed by atoms with E-state index >= 15 is 0 Å². The first-order valence-corrected chi connectivity index (χ1v) is 8.22. The van der Waals surface area contributed by atoms with Crippen LogP contribution in [0.3, 0.4) is 0 Å². The maximum absolute atomic E-state index is 10.8. The van der Waals surface area contributed by atoms with Crippen LogP contribution in [-0.4, -0.2) is 21.2 Å². The molecule has 0 unspecified atom stereocenters. The third-order valence-electron chi connectivity index (χ3n) is 3.94. The molecule has 6 heteroatoms. The second-order valence-corrected chi connectivity index (χ2v) is 6.96. The summed E-state index contributed by atoms with van der Waals surface area (Å²) in [6, 6.07) is 14.2. The Bertz CT molecular complexity index is 891. The first-order chi connectivity index (χ1) is 12.3. The summed E-state index contributed by atoms with van der Waals surface area (Å²) in [5.74, 6) is 0.410. The lowest BCUT2D eigenvalue weighted by Gasteiger charge is -2.18. The molecule has 2 aromatic carbocycles. The van der Waals surface area contributed by atoms with Gasteiger partial charge in [0.1, 0.15) is 5.75 Å². The van der Waals surface area contributed by atoms with Crippen molar-refractivity contribution in [2.75, 3.05) is 0 Å². The zero-order valence-corrected chi connectivity index (χ0v) is 14.9. The third kappa shape index (κ3) is 4.08. The highest BCUT2D eigenvalue weighted by Crippen LogP contribution is 2.25. The number of aromatic nitrogens is 2. The Labute approximate surface area is 151 Å². The third-order valence-corrected chi connectivity index (χ3v) is 3.94. The molecule has 0 radical (unpaired) electrons. The largest absolute Gasteiger partial charge is 0.484 e. The molecule has 0 spiro atoms. The van der Waals surface area contributed by atoms with E-state index in [1.807, 2.05) is 12.1 Å². The van der Waals surface area contributed by atoms with Crippen LogP contribution in [0.15, 0.2) is 53.1 Å². The predicted molar refractivity (Wildman–Crippen MR) is 96.2 cm³/mol. The number of hydrogen-bond acceptors (Lipinski definition) is 5. The maximum Gasteiger partial charge on any atom is 0.335 e. The van der Waals surface area contributed by atoms with Crippen molar-refractivity contribution in [3.63, 3.8) is 0 Å². The minimum Gasteiger partial charge on any atom is -0.484 e. The summed E-state index contributed by atoms with van der Waals surface area (Å²) in [5, 5.41) is 12.9. The van der Waals surface area contributed by atoms with Crippen molar-refractivity contribution < 1.29 is 19.2 Å². The zero-order chi connectivity index (χ0) is 18.7. The summed E-state index contributed by atoms with van der Waals surface area (Å²) in [6.07, 6.45) is 0. The molecule has 0 aliphatic carbocycles. The van der Waals surface area contributed by atoms with Crippen LogP contribution >= 0.6 is 0 Å². The summed E-state index contributed by atoms with van der Waals surface area (Å²) < 4.78 is 10.8. The Kier molecular flexibility index (Phi) is 4.75. The van der Waals surface area contributed by atoms with Gasteiger partial charge in [-0.3, -0.25) is 0 Å². The van der Waals surface area contributed by atoms with Crippen LogP contribution in [0, 0.1) is 0 Å². The van der Waals surface area contributed by atoms with Crippen molar-refractivity contribution in [1.82, 2.24) is 10.1 Å². The molecule has 134 valence electrons. The standard InChI is InChI=1S/C20H20N2O4/c1-20(2,3)15-8-4-13(5-9-15)18-21-17(26-22-18)12-25-16-10-6-14(7-11-16)19(23)24/h4-11H,12H2,1-3H3,(H,23,24). The molecule has 26 heavy (non-hydrogen) atoms. The molecular formula is C20H20N2O4. The number of carboxylic acids is 1. The van der Waals surface area contributed by atoms with Crippen LogP contribution in [0.2, 0.25) is 0 Å². The van der Waals surface area contributed by atoms with Gasteiger partial charge in [0.2, 0.25) is 5.82 Å². The van der Waals surface area contributed by atoms with Gasteiger partial charge in [0.25, 0.3) is 5.89 Å². The van der Waals surface area contributed by atoms with Crippen molar-refractivity contribution in [1.29, 1.82) is 0 Å². The highest BCUT2D eigenvalue weighted by Gasteiger charge is 2.15. The minimum absolute atomic E-state index is 0.0883. The number of hydrogen-bond donors (Lipinski definition) is 1. The fraction of sp³-hybridized carbons (Fsp3) is 0.250. The first-order valence-electron chi connectivity index (χ1n) is 8.22. The van der Waals surface area contributed by atoms with E-state index in [1.165, 1.54) is 17.7 Å². The van der Waals surface area contributed by atoms with Crippen molar-refractivity contribution in [3.8, 4) is 17.1 Å². The Morgan fingerprint density at radius 2 is 1.73 bits per heavy atom. The normalized spacial score (nSPS) is 11.3. The summed E-state index contributed by atoms with van der Waals surface area (Å²) in [4.78, 5) is 15.2. The average molecular weight is 352 g/mol. The average Bonchev–Trinajstić information content (AvgIpc) is 3.09. The van der Waals surface area contributed by atoms with E-state index in [0.717, 1.165) is 5.56 Å². The number of rotatable bonds is 5. The van der Waals surface area contributed by atoms with E-state index in [4.69, 9.17) is 14.4 Å². The SMILES string of the molecule is CC(C)(C)c1ccc(-c2noc(COc3ccc(C(=O)O)cc3)n2)cc1. The molecule has 0 fully saturated rings. The Balaban J connectivity index is 1.65. The van der Waals surface area contributed by atoms with E-state index in [1.54, 1.807) is 12.1 Å². The van der Waals surface area contributed by atoms with Crippen LogP contribution in [0.5, 0.6) is 5.75 Å². The van der Waals surface area contributed by atoms with Crippen LogP contribution in [0.1, 0.15) is 42.6 Å². The molecule has 3 aromatic rings. The highest BCUT2D eigenvalue weighted by atomic mass is 16.5. The van der Waals surface area contributed by atoms with Gasteiger partial charge in [0.15, 0.2) is 6.61 Å². The fourth-order valence-electron chi connectivity index (χ4n) is 2.39. The van der Waals surface area contributed by atoms with Gasteiger partial charge in [-0.2, -0.15) is 4.98 Å². The number of aromatic carboxylic acids is 1. The Hall–Kier alpha value is -3.15. The van der Waals surface area contributed by atoms with Crippen molar-refractivity contribution in [2.24, 2.45) is 0 Å². The number of nitrogens with zero attached hydrogens (tertiary/aromatic N) is 2. The van der Waals surface area contributed by atoms with Crippen molar-refractivity contribution in [3.05, 3.63) is 65.5 Å². The number of ether oxygens (including phenoxy) is 1. The van der Waals surface area contributed by atoms with E-state index in [2.05, 4.69) is 43.0 Å². The molecule has 0 saturated heterocycles. The first kappa shape index (κ1) is 17.7. The van der Waals surface area contributed by atoms with Gasteiger partial charge in [-0.25, -0.2) is 4.79 Å². The van der Waals surface area contributed by atoms with Gasteiger partial charge in [0, 0.05) is 5.56 Å². The van der Waals surface area contributed by atoms with E-state index in [-0.39, 0.29) is 17.6 Å². The van der Waals surface area contributed by atoms with Gasteiger partial charge in [-0.15, -0.1) is 0 Å². The smallest absolute Gasteiger partial charge is 0.335 e. The monoisotopic (exact) mass is 352 g/mol.